The monoisotopic (exact) mass is 534 g/mol. The van der Waals surface area contributed by atoms with E-state index in [2.05, 4.69) is 0 Å². The fraction of sp³-hybridized carbons (Fsp3) is 0.481. The van der Waals surface area contributed by atoms with Gasteiger partial charge in [0.1, 0.15) is 5.75 Å². The molecule has 0 radical (unpaired) electrons. The van der Waals surface area contributed by atoms with Gasteiger partial charge in [-0.3, -0.25) is 0 Å². The van der Waals surface area contributed by atoms with Crippen LogP contribution < -0.4 is 4.74 Å². The normalized spacial score (nSPS) is 14.1. The number of rotatable bonds is 11. The van der Waals surface area contributed by atoms with E-state index < -0.39 is 36.1 Å². The highest BCUT2D eigenvalue weighted by molar-refractivity contribution is 5.56. The summed E-state index contributed by atoms with van der Waals surface area (Å²) < 4.78 is 83.4. The van der Waals surface area contributed by atoms with Crippen molar-refractivity contribution in [2.24, 2.45) is 5.92 Å². The Morgan fingerprint density at radius 2 is 1.41 bits per heavy atom. The highest BCUT2D eigenvalue weighted by atomic mass is 19.4. The molecular formula is C27H32F6O4. The molecule has 3 N–H and O–H groups in total. The third-order valence-corrected chi connectivity index (χ3v) is 6.70. The maximum atomic E-state index is 12.9. The molecule has 0 amide bonds. The Labute approximate surface area is 212 Å². The second-order valence-electron chi connectivity index (χ2n) is 8.90. The van der Waals surface area contributed by atoms with Crippen LogP contribution in [0.3, 0.4) is 0 Å². The highest BCUT2D eigenvalue weighted by Crippen LogP contribution is 2.42. The van der Waals surface area contributed by atoms with Crippen LogP contribution in [-0.4, -0.2) is 40.4 Å². The maximum absolute atomic E-state index is 12.9. The topological polar surface area (TPSA) is 69.9 Å². The van der Waals surface area contributed by atoms with Gasteiger partial charge in [0, 0.05) is 11.0 Å². The zero-order chi connectivity index (χ0) is 28.0. The van der Waals surface area contributed by atoms with Crippen molar-refractivity contribution in [2.75, 3.05) is 6.61 Å². The molecule has 0 aliphatic carbocycles. The van der Waals surface area contributed by atoms with E-state index in [9.17, 15) is 41.7 Å². The number of aliphatic hydroxyl groups excluding tert-OH is 2. The Bertz CT molecular complexity index is 1010. The van der Waals surface area contributed by atoms with E-state index in [1.54, 1.807) is 24.3 Å². The number of alkyl halides is 6. The van der Waals surface area contributed by atoms with Gasteiger partial charge in [-0.1, -0.05) is 63.3 Å². The number of hydrogen-bond donors (Lipinski definition) is 3. The fourth-order valence-electron chi connectivity index (χ4n) is 4.19. The standard InChI is InChI=1S/C27H32F6O4/c1-4-17-15-20(11-7-18(17)10-14-22(34)23(26(28,29)30)27(31,32)33)25(5-2,6-3)16-37-21-12-8-19(9-13-21)24(35)36/h7-15,22-24,34-36H,4-6,16H2,1-3H3. The minimum atomic E-state index is -5.64. The average molecular weight is 535 g/mol. The molecule has 2 aromatic rings. The maximum Gasteiger partial charge on any atom is 0.403 e. The molecule has 0 aliphatic rings. The number of ether oxygens (including phenoxy) is 1. The average Bonchev–Trinajstić information content (AvgIpc) is 2.82. The SMILES string of the molecule is CCc1cc(C(CC)(CC)COc2ccc(C(O)O)cc2)ccc1C=CC(O)C(C(F)(F)F)C(F)(F)F. The minimum Gasteiger partial charge on any atom is -0.493 e. The predicted molar refractivity (Wildman–Crippen MR) is 128 cm³/mol. The van der Waals surface area contributed by atoms with Gasteiger partial charge in [-0.2, -0.15) is 26.3 Å². The molecule has 0 aliphatic heterocycles. The van der Waals surface area contributed by atoms with E-state index >= 15 is 0 Å². The van der Waals surface area contributed by atoms with Gasteiger partial charge in [0.05, 0.1) is 12.7 Å². The molecule has 10 heteroatoms. The quantitative estimate of drug-likeness (QED) is 0.228. The first-order valence-electron chi connectivity index (χ1n) is 11.9. The largest absolute Gasteiger partial charge is 0.493 e. The molecule has 0 saturated carbocycles. The molecule has 4 nitrogen and oxygen atoms in total. The van der Waals surface area contributed by atoms with Gasteiger partial charge >= 0.3 is 12.4 Å². The van der Waals surface area contributed by atoms with E-state index in [0.717, 1.165) is 11.6 Å². The van der Waals surface area contributed by atoms with Gasteiger partial charge in [-0.05, 0) is 48.1 Å². The van der Waals surface area contributed by atoms with E-state index in [1.165, 1.54) is 12.1 Å². The molecule has 0 fully saturated rings. The summed E-state index contributed by atoms with van der Waals surface area (Å²) in [5.74, 6) is -3.34. The van der Waals surface area contributed by atoms with Gasteiger partial charge in [-0.25, -0.2) is 0 Å². The summed E-state index contributed by atoms with van der Waals surface area (Å²) in [6, 6.07) is 11.5. The van der Waals surface area contributed by atoms with Crippen LogP contribution in [0.25, 0.3) is 6.08 Å². The Morgan fingerprint density at radius 3 is 1.86 bits per heavy atom. The van der Waals surface area contributed by atoms with Gasteiger partial charge in [-0.15, -0.1) is 0 Å². The zero-order valence-electron chi connectivity index (χ0n) is 20.8. The predicted octanol–water partition coefficient (Wildman–Crippen LogP) is 6.48. The third-order valence-electron chi connectivity index (χ3n) is 6.70. The molecule has 37 heavy (non-hydrogen) atoms. The van der Waals surface area contributed by atoms with Crippen LogP contribution in [0.1, 0.15) is 62.2 Å². The van der Waals surface area contributed by atoms with Crippen molar-refractivity contribution < 1.29 is 46.4 Å². The smallest absolute Gasteiger partial charge is 0.403 e. The second kappa shape index (κ2) is 12.3. The second-order valence-corrected chi connectivity index (χ2v) is 8.90. The lowest BCUT2D eigenvalue weighted by Gasteiger charge is -2.33. The summed E-state index contributed by atoms with van der Waals surface area (Å²) in [5, 5.41) is 28.2. The van der Waals surface area contributed by atoms with Crippen molar-refractivity contribution in [2.45, 2.75) is 70.2 Å². The Kier molecular flexibility index (Phi) is 10.2. The molecule has 1 atom stereocenters. The Balaban J connectivity index is 2.31. The van der Waals surface area contributed by atoms with Crippen LogP contribution in [0.2, 0.25) is 0 Å². The summed E-state index contributed by atoms with van der Waals surface area (Å²) in [4.78, 5) is 0. The van der Waals surface area contributed by atoms with Gasteiger partial charge < -0.3 is 20.1 Å². The Morgan fingerprint density at radius 1 is 0.838 bits per heavy atom. The van der Waals surface area contributed by atoms with E-state index in [0.29, 0.717) is 47.8 Å². The van der Waals surface area contributed by atoms with Crippen LogP contribution in [0, 0.1) is 5.92 Å². The lowest BCUT2D eigenvalue weighted by molar-refractivity contribution is -0.300. The Hall–Kier alpha value is -2.56. The van der Waals surface area contributed by atoms with Gasteiger partial charge in [0.15, 0.2) is 12.2 Å². The van der Waals surface area contributed by atoms with Gasteiger partial charge in [0.25, 0.3) is 0 Å². The molecule has 0 bridgehead atoms. The van der Waals surface area contributed by atoms with Gasteiger partial charge in [0.2, 0.25) is 0 Å². The molecule has 206 valence electrons. The van der Waals surface area contributed by atoms with Crippen molar-refractivity contribution in [3.05, 3.63) is 70.8 Å². The van der Waals surface area contributed by atoms with Crippen molar-refractivity contribution in [3.63, 3.8) is 0 Å². The molecule has 1 unspecified atom stereocenters. The van der Waals surface area contributed by atoms with Crippen LogP contribution in [-0.2, 0) is 11.8 Å². The summed E-state index contributed by atoms with van der Waals surface area (Å²) in [6.45, 7) is 6.08. The van der Waals surface area contributed by atoms with E-state index in [-0.39, 0.29) is 6.61 Å². The summed E-state index contributed by atoms with van der Waals surface area (Å²) in [7, 11) is 0. The number of halogens is 6. The van der Waals surface area contributed by atoms with Crippen molar-refractivity contribution in [1.29, 1.82) is 0 Å². The number of benzene rings is 2. The van der Waals surface area contributed by atoms with Crippen molar-refractivity contribution in [1.82, 2.24) is 0 Å². The van der Waals surface area contributed by atoms with Crippen LogP contribution in [0.4, 0.5) is 26.3 Å². The highest BCUT2D eigenvalue weighted by Gasteiger charge is 2.59. The number of aliphatic hydroxyl groups is 3. The summed E-state index contributed by atoms with van der Waals surface area (Å²) in [6.07, 6.45) is -12.2. The van der Waals surface area contributed by atoms with Crippen molar-refractivity contribution in [3.8, 4) is 5.75 Å². The van der Waals surface area contributed by atoms with Crippen LogP contribution in [0.5, 0.6) is 5.75 Å². The molecule has 2 rings (SSSR count). The third kappa shape index (κ3) is 7.72. The summed E-state index contributed by atoms with van der Waals surface area (Å²) in [5.41, 5.74) is 1.90. The molecule has 0 saturated heterocycles. The first-order chi connectivity index (χ1) is 17.2. The zero-order valence-corrected chi connectivity index (χ0v) is 20.8. The molecule has 2 aromatic carbocycles. The number of hydrogen-bond acceptors (Lipinski definition) is 4. The fourth-order valence-corrected chi connectivity index (χ4v) is 4.19. The molecule has 0 heterocycles. The summed E-state index contributed by atoms with van der Waals surface area (Å²) >= 11 is 0. The molecule has 0 spiro atoms. The lowest BCUT2D eigenvalue weighted by atomic mass is 9.75. The number of aryl methyl sites for hydroxylation is 1. The first-order valence-corrected chi connectivity index (χ1v) is 11.9. The van der Waals surface area contributed by atoms with E-state index in [4.69, 9.17) is 4.74 Å². The molecule has 0 aromatic heterocycles. The molecular weight excluding hydrogens is 502 g/mol. The van der Waals surface area contributed by atoms with Crippen LogP contribution in [0.15, 0.2) is 48.5 Å². The first kappa shape index (κ1) is 30.7. The van der Waals surface area contributed by atoms with E-state index in [1.807, 2.05) is 26.8 Å². The minimum absolute atomic E-state index is 0.289. The van der Waals surface area contributed by atoms with Crippen molar-refractivity contribution >= 4 is 6.08 Å². The van der Waals surface area contributed by atoms with Crippen LogP contribution >= 0.6 is 0 Å². The lowest BCUT2D eigenvalue weighted by Crippen LogP contribution is -2.44.